The molecule has 0 aromatic heterocycles. The van der Waals surface area contributed by atoms with E-state index >= 15 is 0 Å². The Morgan fingerprint density at radius 2 is 0.908 bits per heavy atom. The fourth-order valence-electron chi connectivity index (χ4n) is 18.1. The van der Waals surface area contributed by atoms with Crippen LogP contribution >= 0.6 is 63.7 Å². The van der Waals surface area contributed by atoms with Crippen LogP contribution in [-0.2, 0) is 19.2 Å². The van der Waals surface area contributed by atoms with Crippen LogP contribution in [0.3, 0.4) is 0 Å². The lowest BCUT2D eigenvalue weighted by Crippen LogP contribution is -2.32. The van der Waals surface area contributed by atoms with Crippen LogP contribution in [0.1, 0.15) is 113 Å². The number of aromatic carboxylic acids is 1. The minimum absolute atomic E-state index is 0.00918. The second kappa shape index (κ2) is 35.5. The van der Waals surface area contributed by atoms with Crippen molar-refractivity contribution in [2.45, 2.75) is 64.7 Å². The monoisotopic (exact) mass is 2030 g/mol. The molecule has 0 saturated heterocycles. The van der Waals surface area contributed by atoms with Gasteiger partial charge in [0.05, 0.1) is 17.4 Å². The summed E-state index contributed by atoms with van der Waals surface area (Å²) in [5, 5.41) is 182. The van der Waals surface area contributed by atoms with Gasteiger partial charge in [0.15, 0.2) is 92.0 Å². The quantitative estimate of drug-likeness (QED) is 0.0188. The number of hydrogen-bond acceptors (Lipinski definition) is 23. The van der Waals surface area contributed by atoms with Gasteiger partial charge in [-0.3, -0.25) is 14.4 Å². The van der Waals surface area contributed by atoms with Gasteiger partial charge in [-0.15, -0.1) is 0 Å². The number of fused-ring (bicyclic) bond motifs is 12. The van der Waals surface area contributed by atoms with Crippen LogP contribution in [0.25, 0.3) is 48.6 Å². The summed E-state index contributed by atoms with van der Waals surface area (Å²) in [6.07, 6.45) is 9.75. The molecular weight excluding hydrogens is 1960 g/mol. The number of allylic oxidation sites excluding steroid dienone is 3. The lowest BCUT2D eigenvalue weighted by Gasteiger charge is -2.35. The van der Waals surface area contributed by atoms with Gasteiger partial charge in [-0.25, -0.2) is 9.59 Å². The van der Waals surface area contributed by atoms with Crippen molar-refractivity contribution in [3.8, 4) is 132 Å². The Morgan fingerprint density at radius 3 is 1.44 bits per heavy atom. The number of carbonyl (C=O) groups is 5. The van der Waals surface area contributed by atoms with Gasteiger partial charge in [-0.2, -0.15) is 0 Å². The van der Waals surface area contributed by atoms with E-state index in [1.54, 1.807) is 84.9 Å². The molecule has 2 fully saturated rings. The molecule has 0 radical (unpaired) electrons. The highest BCUT2D eigenvalue weighted by molar-refractivity contribution is 9.15. The first kappa shape index (κ1) is 91.3. The second-order valence-corrected chi connectivity index (χ2v) is 35.3. The zero-order chi connectivity index (χ0) is 94.4. The van der Waals surface area contributed by atoms with Crippen LogP contribution in [0.2, 0.25) is 0 Å². The van der Waals surface area contributed by atoms with Crippen molar-refractivity contribution in [3.63, 3.8) is 0 Å². The van der Waals surface area contributed by atoms with Gasteiger partial charge in [0, 0.05) is 123 Å². The Bertz CT molecular complexity index is 7340. The Balaban J connectivity index is 0.000000126. The van der Waals surface area contributed by atoms with Crippen LogP contribution in [-0.4, -0.2) is 122 Å². The Kier molecular flexibility index (Phi) is 24.8. The highest BCUT2D eigenvalue weighted by Gasteiger charge is 2.58. The number of carboxylic acids is 5. The first-order valence-corrected chi connectivity index (χ1v) is 43.4. The molecule has 2 bridgehead atoms. The molecule has 11 aromatic rings. The van der Waals surface area contributed by atoms with Gasteiger partial charge in [-0.05, 0) is 220 Å². The van der Waals surface area contributed by atoms with E-state index in [0.717, 1.165) is 41.2 Å². The lowest BCUT2D eigenvalue weighted by molar-refractivity contribution is -0.144. The predicted octanol–water partition coefficient (Wildman–Crippen LogP) is 15.1. The first-order valence-electron chi connectivity index (χ1n) is 40.3. The molecule has 131 heavy (non-hydrogen) atoms. The minimum atomic E-state index is -1.15. The Hall–Kier alpha value is -14.5. The number of benzene rings is 11. The number of phenols is 13. The highest BCUT2D eigenvalue weighted by atomic mass is 79.9. The number of halogens is 4. The molecule has 28 nitrogen and oxygen atoms in total. The summed E-state index contributed by atoms with van der Waals surface area (Å²) in [4.78, 5) is 57.8. The third kappa shape index (κ3) is 16.2. The number of aryl methyl sites for hydroxylation is 1. The zero-order valence-electron chi connectivity index (χ0n) is 68.9. The van der Waals surface area contributed by atoms with Gasteiger partial charge in [0.2, 0.25) is 23.0 Å². The summed E-state index contributed by atoms with van der Waals surface area (Å²) >= 11 is 14.0. The molecule has 18 N–H and O–H groups in total. The molecule has 8 aliphatic rings. The van der Waals surface area contributed by atoms with E-state index in [1.807, 2.05) is 38.1 Å². The number of ether oxygens (including phenoxy) is 5. The van der Waals surface area contributed by atoms with Gasteiger partial charge in [0.25, 0.3) is 0 Å². The fraction of sp³-hybridized carbons (Fsp3) is 0.162. The van der Waals surface area contributed by atoms with E-state index in [1.165, 1.54) is 36.4 Å². The van der Waals surface area contributed by atoms with Crippen molar-refractivity contribution in [1.29, 1.82) is 0 Å². The molecule has 3 aliphatic carbocycles. The number of phenolic OH excluding ortho intramolecular Hbond substituents is 13. The maximum absolute atomic E-state index is 12.3. The topological polar surface area (TPSA) is 496 Å². The minimum Gasteiger partial charge on any atom is -0.508 e. The predicted molar refractivity (Wildman–Crippen MR) is 492 cm³/mol. The van der Waals surface area contributed by atoms with E-state index < -0.39 is 76.0 Å². The maximum Gasteiger partial charge on any atom is 0.337 e. The summed E-state index contributed by atoms with van der Waals surface area (Å²) in [6, 6.07) is 35.7. The normalized spacial score (nSPS) is 18.3. The van der Waals surface area contributed by atoms with Crippen LogP contribution in [0, 0.1) is 41.9 Å². The number of hydrogen-bond donors (Lipinski definition) is 18. The smallest absolute Gasteiger partial charge is 0.337 e. The standard InChI is InChI=1S/C23H20O6.C21H12Br4O4.C21H20O6.C17H14O6.C17H12O6/c1-10-3-4-13-17(23-8-7-12(11(23)2)15(9-23)22(27)28)14-5-6-16(24)19(26)21(14)29-20(13)18(10)25;1-8-2-4-10-12(6-8)29-13-7-9(26)3-5-11(13)14(10)15-16(21(27)28)18(23)20(25)19(24)17(15)22;1-10-6-7-13-16(11-4-2-3-5-12(11)21(25)26)14-8-9-15(22)18(24)20(14)27-19(13)17(10)23;2*1-8-2-3-10-9(5-7-13(19)20)11-4-6-12(18)15(22)17(11)23-16(10)14(8)21/h3-8,11-12,15,24-26H,1,9H2,2H3,(H,27,28);2-7,14,26H,1H3,(H,27,28);6-9,11-12,22-24H,1-5H2,(H,25,26);2-4,6,18,21-22H,1,5,7H2,(H,19,20);2-7,18,21-22H,1H2,(H,19,20)/b;;;;7-5-. The molecule has 11 aromatic carbocycles. The molecule has 670 valence electrons. The molecule has 5 aliphatic heterocycles. The highest BCUT2D eigenvalue weighted by Crippen LogP contribution is 2.65. The largest absolute Gasteiger partial charge is 0.508 e. The van der Waals surface area contributed by atoms with E-state index in [0.29, 0.717) is 135 Å². The molecule has 7 unspecified atom stereocenters. The average Bonchev–Trinajstić information content (AvgIpc) is 1.60. The van der Waals surface area contributed by atoms with Crippen LogP contribution in [0.4, 0.5) is 0 Å². The SMILES string of the molecule is C=c1ccc2c(c1O)Oc1c(ccc(O)c1O)C=2/C=C\C(=O)O.C=c1ccc2c(c1O)Oc1c(ccc(O)c1O)C=2C12C=CC(C(C(=O)O)C1)C2C.C=c1ccc2c(c1O)Oc1c(ccc(O)c1O)C=2C1CCCCC1C(=O)O.C=c1ccc2c(c1O)Oc1c(ccc(O)c1O)C=2CCC(=O)O.Cc1ccc2c(c1)Oc1cc(O)ccc1C2c1c(Br)c(Br)c(Br)c(Br)c1C(=O)O. The number of aliphatic carboxylic acids is 4. The summed E-state index contributed by atoms with van der Waals surface area (Å²) in [5.41, 5.74) is 7.26. The summed E-state index contributed by atoms with van der Waals surface area (Å²) < 4.78 is 31.1. The lowest BCUT2D eigenvalue weighted by atomic mass is 9.69. The van der Waals surface area contributed by atoms with E-state index in [-0.39, 0.29) is 134 Å². The molecule has 32 heteroatoms. The van der Waals surface area contributed by atoms with E-state index in [4.69, 9.17) is 33.9 Å². The number of rotatable bonds is 11. The maximum atomic E-state index is 12.3. The number of carboxylic acid groups (broad SMARTS) is 5. The van der Waals surface area contributed by atoms with Crippen molar-refractivity contribution in [1.82, 2.24) is 0 Å². The second-order valence-electron chi connectivity index (χ2n) is 32.1. The van der Waals surface area contributed by atoms with Gasteiger partial charge < -0.3 is 116 Å². The van der Waals surface area contributed by atoms with Crippen LogP contribution in [0.15, 0.2) is 176 Å². The molecule has 19 rings (SSSR count). The van der Waals surface area contributed by atoms with Crippen molar-refractivity contribution in [2.75, 3.05) is 0 Å². The van der Waals surface area contributed by atoms with Crippen molar-refractivity contribution in [2.24, 2.45) is 35.0 Å². The Labute approximate surface area is 775 Å². The third-order valence-electron chi connectivity index (χ3n) is 24.5. The fourth-order valence-corrected chi connectivity index (χ4v) is 20.7. The molecule has 0 spiro atoms. The van der Waals surface area contributed by atoms with Crippen LogP contribution in [0.5, 0.6) is 132 Å². The molecule has 5 heterocycles. The van der Waals surface area contributed by atoms with Crippen LogP contribution < -0.4 is 65.4 Å². The molecule has 2 saturated carbocycles. The van der Waals surface area contributed by atoms with Crippen molar-refractivity contribution < 1.29 is 140 Å². The summed E-state index contributed by atoms with van der Waals surface area (Å²) in [6.45, 7) is 18.9. The third-order valence-corrected chi connectivity index (χ3v) is 29.3. The van der Waals surface area contributed by atoms with Crippen molar-refractivity contribution >= 4 is 142 Å². The van der Waals surface area contributed by atoms with Gasteiger partial charge in [0.1, 0.15) is 17.2 Å². The van der Waals surface area contributed by atoms with Gasteiger partial charge >= 0.3 is 29.8 Å². The van der Waals surface area contributed by atoms with E-state index in [9.17, 15) is 106 Å². The zero-order valence-corrected chi connectivity index (χ0v) is 75.2. The Morgan fingerprint density at radius 1 is 0.458 bits per heavy atom. The summed E-state index contributed by atoms with van der Waals surface area (Å²) in [5.74, 6) is -9.13. The molecular formula is C99H78Br4O28. The molecule has 7 atom stereocenters. The number of aromatic hydroxyl groups is 13. The average molecular weight is 2040 g/mol. The van der Waals surface area contributed by atoms with Crippen molar-refractivity contribution in [3.05, 3.63) is 267 Å². The summed E-state index contributed by atoms with van der Waals surface area (Å²) in [7, 11) is 0. The van der Waals surface area contributed by atoms with E-state index in [2.05, 4.69) is 96.1 Å². The first-order chi connectivity index (χ1) is 62.2. The molecule has 0 amide bonds. The van der Waals surface area contributed by atoms with Gasteiger partial charge in [-0.1, -0.05) is 119 Å².